The van der Waals surface area contributed by atoms with Crippen LogP contribution in [0.25, 0.3) is 0 Å². The highest BCUT2D eigenvalue weighted by atomic mass is 31.2. The molecule has 0 fully saturated rings. The van der Waals surface area contributed by atoms with E-state index in [9.17, 15) is 19.0 Å². The quantitative estimate of drug-likeness (QED) is 0.0271. The predicted molar refractivity (Wildman–Crippen MR) is 224 cm³/mol. The van der Waals surface area contributed by atoms with Crippen LogP contribution in [-0.2, 0) is 32.7 Å². The normalized spacial score (nSPS) is 13.8. The Balaban J connectivity index is 4.27. The SMILES string of the molecule is CC/C=C\C/C=C\C/C=C\C/C=C\CCCCCCC(=O)OC(COC(=O)CCCCCCCCCCCCCCCCC)COP(=O)(O)OCCNC. The molecule has 0 aromatic heterocycles. The van der Waals surface area contributed by atoms with Crippen molar-refractivity contribution in [3.63, 3.8) is 0 Å². The summed E-state index contributed by atoms with van der Waals surface area (Å²) in [6.45, 7) is 4.09. The molecule has 0 aliphatic carbocycles. The summed E-state index contributed by atoms with van der Waals surface area (Å²) in [7, 11) is -2.66. The average molecular weight is 782 g/mol. The van der Waals surface area contributed by atoms with Gasteiger partial charge in [-0.05, 0) is 58.4 Å². The summed E-state index contributed by atoms with van der Waals surface area (Å²) in [5.41, 5.74) is 0. The van der Waals surface area contributed by atoms with Crippen molar-refractivity contribution < 1.29 is 37.6 Å². The Bertz CT molecular complexity index is 1030. The van der Waals surface area contributed by atoms with Crippen molar-refractivity contribution in [2.24, 2.45) is 0 Å². The molecule has 0 saturated carbocycles. The zero-order valence-corrected chi connectivity index (χ0v) is 35.6. The lowest BCUT2D eigenvalue weighted by Crippen LogP contribution is -2.29. The maximum absolute atomic E-state index is 12.6. The minimum Gasteiger partial charge on any atom is -0.462 e. The number of phosphoric ester groups is 1. The fourth-order valence-corrected chi connectivity index (χ4v) is 6.47. The number of phosphoric acid groups is 1. The molecular formula is C44H80NO8P. The van der Waals surface area contributed by atoms with Gasteiger partial charge in [-0.25, -0.2) is 4.57 Å². The molecule has 2 N–H and O–H groups in total. The predicted octanol–water partition coefficient (Wildman–Crippen LogP) is 12.2. The highest BCUT2D eigenvalue weighted by Crippen LogP contribution is 2.43. The van der Waals surface area contributed by atoms with Crippen LogP contribution in [0.3, 0.4) is 0 Å². The van der Waals surface area contributed by atoms with Gasteiger partial charge < -0.3 is 19.7 Å². The summed E-state index contributed by atoms with van der Waals surface area (Å²) < 4.78 is 33.2. The third-order valence-corrected chi connectivity index (χ3v) is 9.95. The molecule has 0 amide bonds. The number of carbonyl (C=O) groups is 2. The van der Waals surface area contributed by atoms with E-state index in [4.69, 9.17) is 18.5 Å². The smallest absolute Gasteiger partial charge is 0.462 e. The number of likely N-dealkylation sites (N-methyl/N-ethyl adjacent to an activating group) is 1. The van der Waals surface area contributed by atoms with Crippen molar-refractivity contribution in [1.82, 2.24) is 5.32 Å². The molecule has 0 bridgehead atoms. The second kappa shape index (κ2) is 40.6. The summed E-state index contributed by atoms with van der Waals surface area (Å²) in [6, 6.07) is 0. The number of unbranched alkanes of at least 4 members (excludes halogenated alkanes) is 18. The highest BCUT2D eigenvalue weighted by molar-refractivity contribution is 7.47. The van der Waals surface area contributed by atoms with Crippen LogP contribution in [0.4, 0.5) is 0 Å². The first-order chi connectivity index (χ1) is 26.3. The molecule has 314 valence electrons. The van der Waals surface area contributed by atoms with Gasteiger partial charge in [-0.15, -0.1) is 0 Å². The standard InChI is InChI=1S/C44H80NO8P/c1-4-6-8-10-12-14-16-18-20-21-23-25-27-29-31-33-35-37-44(47)53-42(41-52-54(48,49)51-39-38-45-3)40-50-43(46)36-34-32-30-28-26-24-22-19-17-15-13-11-9-7-5-2/h6,8,12,14,18,20,23,25,42,45H,4-5,7,9-11,13,15-17,19,21-22,24,26-41H2,1-3H3,(H,48,49)/b8-6-,14-12-,20-18-,25-23-. The maximum Gasteiger partial charge on any atom is 0.472 e. The van der Waals surface area contributed by atoms with Gasteiger partial charge >= 0.3 is 19.8 Å². The number of allylic oxidation sites excluding steroid dienone is 8. The summed E-state index contributed by atoms with van der Waals surface area (Å²) in [5.74, 6) is -0.832. The van der Waals surface area contributed by atoms with Gasteiger partial charge in [-0.3, -0.25) is 18.6 Å². The minimum atomic E-state index is -4.35. The van der Waals surface area contributed by atoms with Crippen molar-refractivity contribution in [3.05, 3.63) is 48.6 Å². The van der Waals surface area contributed by atoms with E-state index in [2.05, 4.69) is 67.8 Å². The average Bonchev–Trinajstić information content (AvgIpc) is 3.15. The largest absolute Gasteiger partial charge is 0.472 e. The first kappa shape index (κ1) is 52.0. The molecule has 0 radical (unpaired) electrons. The van der Waals surface area contributed by atoms with Crippen molar-refractivity contribution in [3.8, 4) is 0 Å². The van der Waals surface area contributed by atoms with Gasteiger partial charge in [0.15, 0.2) is 6.10 Å². The van der Waals surface area contributed by atoms with Crippen LogP contribution in [0.2, 0.25) is 0 Å². The third kappa shape index (κ3) is 39.7. The van der Waals surface area contributed by atoms with Gasteiger partial charge in [0, 0.05) is 19.4 Å². The van der Waals surface area contributed by atoms with Crippen LogP contribution in [0.15, 0.2) is 48.6 Å². The zero-order valence-electron chi connectivity index (χ0n) is 34.7. The molecule has 0 heterocycles. The second-order valence-corrected chi connectivity index (χ2v) is 15.6. The van der Waals surface area contributed by atoms with E-state index in [0.717, 1.165) is 70.6 Å². The number of nitrogens with one attached hydrogen (secondary N) is 1. The van der Waals surface area contributed by atoms with Crippen molar-refractivity contribution in [2.45, 2.75) is 187 Å². The fraction of sp³-hybridized carbons (Fsp3) is 0.773. The lowest BCUT2D eigenvalue weighted by molar-refractivity contribution is -0.161. The van der Waals surface area contributed by atoms with E-state index >= 15 is 0 Å². The summed E-state index contributed by atoms with van der Waals surface area (Å²) in [6.07, 6.45) is 44.4. The number of rotatable bonds is 40. The Morgan fingerprint density at radius 3 is 1.57 bits per heavy atom. The highest BCUT2D eigenvalue weighted by Gasteiger charge is 2.26. The monoisotopic (exact) mass is 782 g/mol. The molecule has 0 aromatic rings. The maximum atomic E-state index is 12.6. The van der Waals surface area contributed by atoms with Crippen LogP contribution >= 0.6 is 7.82 Å². The Labute approximate surface area is 330 Å². The Morgan fingerprint density at radius 1 is 0.593 bits per heavy atom. The van der Waals surface area contributed by atoms with E-state index in [1.165, 1.54) is 77.0 Å². The van der Waals surface area contributed by atoms with Crippen molar-refractivity contribution in [2.75, 3.05) is 33.4 Å². The van der Waals surface area contributed by atoms with Crippen LogP contribution in [0.5, 0.6) is 0 Å². The molecule has 2 unspecified atom stereocenters. The van der Waals surface area contributed by atoms with Gasteiger partial charge in [0.1, 0.15) is 6.61 Å². The number of hydrogen-bond donors (Lipinski definition) is 2. The molecule has 54 heavy (non-hydrogen) atoms. The van der Waals surface area contributed by atoms with E-state index in [0.29, 0.717) is 13.0 Å². The van der Waals surface area contributed by atoms with Crippen molar-refractivity contribution in [1.29, 1.82) is 0 Å². The Hall–Kier alpha value is -2.03. The Morgan fingerprint density at radius 2 is 1.06 bits per heavy atom. The summed E-state index contributed by atoms with van der Waals surface area (Å²) >= 11 is 0. The molecule has 0 saturated heterocycles. The van der Waals surface area contributed by atoms with Gasteiger partial charge in [-0.2, -0.15) is 0 Å². The van der Waals surface area contributed by atoms with Crippen LogP contribution in [-0.4, -0.2) is 56.3 Å². The van der Waals surface area contributed by atoms with E-state index in [1.807, 2.05) is 0 Å². The number of carbonyl (C=O) groups excluding carboxylic acids is 2. The zero-order chi connectivity index (χ0) is 39.6. The molecule has 10 heteroatoms. The molecular weight excluding hydrogens is 701 g/mol. The van der Waals surface area contributed by atoms with E-state index in [1.54, 1.807) is 7.05 Å². The molecule has 9 nitrogen and oxygen atoms in total. The van der Waals surface area contributed by atoms with Gasteiger partial charge in [0.2, 0.25) is 0 Å². The van der Waals surface area contributed by atoms with Crippen LogP contribution < -0.4 is 5.32 Å². The van der Waals surface area contributed by atoms with Gasteiger partial charge in [0.05, 0.1) is 13.2 Å². The van der Waals surface area contributed by atoms with Crippen LogP contribution in [0, 0.1) is 0 Å². The topological polar surface area (TPSA) is 120 Å². The molecule has 0 rings (SSSR count). The number of ether oxygens (including phenoxy) is 2. The molecule has 0 aromatic carbocycles. The van der Waals surface area contributed by atoms with E-state index < -0.39 is 26.5 Å². The Kier molecular flexibility index (Phi) is 39.1. The molecule has 0 aliphatic heterocycles. The first-order valence-corrected chi connectivity index (χ1v) is 23.1. The molecule has 0 spiro atoms. The van der Waals surface area contributed by atoms with Crippen LogP contribution in [0.1, 0.15) is 181 Å². The minimum absolute atomic E-state index is 0.0226. The second-order valence-electron chi connectivity index (χ2n) is 14.1. The third-order valence-electron chi connectivity index (χ3n) is 8.96. The lowest BCUT2D eigenvalue weighted by atomic mass is 10.0. The molecule has 2 atom stereocenters. The van der Waals surface area contributed by atoms with Gasteiger partial charge in [-0.1, -0.05) is 165 Å². The summed E-state index contributed by atoms with van der Waals surface area (Å²) in [4.78, 5) is 35.0. The number of esters is 2. The van der Waals surface area contributed by atoms with E-state index in [-0.39, 0.29) is 32.0 Å². The summed E-state index contributed by atoms with van der Waals surface area (Å²) in [5, 5.41) is 2.82. The van der Waals surface area contributed by atoms with Crippen molar-refractivity contribution >= 4 is 19.8 Å². The first-order valence-electron chi connectivity index (χ1n) is 21.6. The number of hydrogen-bond acceptors (Lipinski definition) is 8. The molecule has 0 aliphatic rings. The van der Waals surface area contributed by atoms with Gasteiger partial charge in [0.25, 0.3) is 0 Å². The fourth-order valence-electron chi connectivity index (χ4n) is 5.72. The lowest BCUT2D eigenvalue weighted by Gasteiger charge is -2.20.